The topological polar surface area (TPSA) is 75.4 Å². The van der Waals surface area contributed by atoms with Crippen LogP contribution in [0.1, 0.15) is 25.3 Å². The number of sulfonamides is 1. The van der Waals surface area contributed by atoms with Gasteiger partial charge in [-0.15, -0.1) is 0 Å². The first-order chi connectivity index (χ1) is 9.88. The second-order valence-electron chi connectivity index (χ2n) is 5.99. The number of aryl methyl sites for hydroxylation is 1. The number of nitrogens with two attached hydrogens (primary N) is 1. The van der Waals surface area contributed by atoms with Crippen LogP contribution in [0.25, 0.3) is 0 Å². The Morgan fingerprint density at radius 3 is 2.67 bits per heavy atom. The summed E-state index contributed by atoms with van der Waals surface area (Å²) >= 11 is 0. The van der Waals surface area contributed by atoms with Crippen LogP contribution in [-0.2, 0) is 10.0 Å². The summed E-state index contributed by atoms with van der Waals surface area (Å²) in [7, 11) is -3.49. The lowest BCUT2D eigenvalue weighted by Gasteiger charge is -2.20. The normalized spacial score (nSPS) is 18.0. The van der Waals surface area contributed by atoms with Crippen LogP contribution in [0.4, 0.5) is 5.69 Å². The largest absolute Gasteiger partial charge is 0.399 e. The van der Waals surface area contributed by atoms with Gasteiger partial charge in [0.15, 0.2) is 0 Å². The molecule has 1 aromatic carbocycles. The van der Waals surface area contributed by atoms with Gasteiger partial charge >= 0.3 is 0 Å². The molecule has 5 nitrogen and oxygen atoms in total. The van der Waals surface area contributed by atoms with Crippen molar-refractivity contribution >= 4 is 15.7 Å². The number of hydrogen-bond donors (Lipinski definition) is 2. The summed E-state index contributed by atoms with van der Waals surface area (Å²) in [5, 5.41) is 0. The maximum Gasteiger partial charge on any atom is 0.240 e. The summed E-state index contributed by atoms with van der Waals surface area (Å²) in [6.07, 6.45) is 2.50. The SMILES string of the molecule is Cc1ccc(N)cc1S(=O)(=O)NCC(C)CN1CCCC1. The standard InChI is InChI=1S/C15H25N3O2S/c1-12(11-18-7-3-4-8-18)10-17-21(19,20)15-9-14(16)6-5-13(15)2/h5-6,9,12,17H,3-4,7-8,10-11,16H2,1-2H3. The predicted octanol–water partition coefficient (Wildman–Crippen LogP) is 1.59. The fraction of sp³-hybridized carbons (Fsp3) is 0.600. The van der Waals surface area contributed by atoms with Gasteiger partial charge < -0.3 is 10.6 Å². The van der Waals surface area contributed by atoms with E-state index in [4.69, 9.17) is 5.73 Å². The summed E-state index contributed by atoms with van der Waals surface area (Å²) < 4.78 is 27.4. The van der Waals surface area contributed by atoms with E-state index in [0.717, 1.165) is 19.6 Å². The Hall–Kier alpha value is -1.11. The maximum absolute atomic E-state index is 12.4. The lowest BCUT2D eigenvalue weighted by atomic mass is 10.2. The minimum absolute atomic E-state index is 0.274. The van der Waals surface area contributed by atoms with Crippen LogP contribution in [0.3, 0.4) is 0 Å². The average Bonchev–Trinajstić information content (AvgIpc) is 2.92. The molecular formula is C15H25N3O2S. The Labute approximate surface area is 127 Å². The van der Waals surface area contributed by atoms with E-state index in [0.29, 0.717) is 23.7 Å². The maximum atomic E-state index is 12.4. The van der Waals surface area contributed by atoms with Gasteiger partial charge in [-0.1, -0.05) is 13.0 Å². The zero-order valence-corrected chi connectivity index (χ0v) is 13.6. The average molecular weight is 311 g/mol. The molecule has 0 saturated carbocycles. The van der Waals surface area contributed by atoms with Crippen molar-refractivity contribution in [2.24, 2.45) is 5.92 Å². The Kier molecular flexibility index (Phi) is 5.24. The van der Waals surface area contributed by atoms with E-state index < -0.39 is 10.0 Å². The monoisotopic (exact) mass is 311 g/mol. The second-order valence-corrected chi connectivity index (χ2v) is 7.73. The van der Waals surface area contributed by atoms with Crippen LogP contribution in [0, 0.1) is 12.8 Å². The van der Waals surface area contributed by atoms with Gasteiger partial charge in [0.2, 0.25) is 10.0 Å². The number of hydrogen-bond acceptors (Lipinski definition) is 4. The first kappa shape index (κ1) is 16.3. The number of anilines is 1. The van der Waals surface area contributed by atoms with E-state index in [9.17, 15) is 8.42 Å². The van der Waals surface area contributed by atoms with Crippen molar-refractivity contribution in [2.75, 3.05) is 31.9 Å². The Bertz CT molecular complexity index is 581. The van der Waals surface area contributed by atoms with Crippen molar-refractivity contribution < 1.29 is 8.42 Å². The van der Waals surface area contributed by atoms with Crippen molar-refractivity contribution in [3.05, 3.63) is 23.8 Å². The van der Waals surface area contributed by atoms with Gasteiger partial charge in [-0.2, -0.15) is 0 Å². The lowest BCUT2D eigenvalue weighted by Crippen LogP contribution is -2.34. The molecule has 21 heavy (non-hydrogen) atoms. The van der Waals surface area contributed by atoms with E-state index >= 15 is 0 Å². The molecule has 1 atom stereocenters. The molecule has 1 aliphatic rings. The molecule has 1 aliphatic heterocycles. The van der Waals surface area contributed by atoms with Gasteiger partial charge in [0.05, 0.1) is 4.90 Å². The molecule has 0 bridgehead atoms. The Balaban J connectivity index is 1.95. The number of nitrogens with zero attached hydrogens (tertiary/aromatic N) is 1. The van der Waals surface area contributed by atoms with Crippen LogP contribution in [0.5, 0.6) is 0 Å². The third-order valence-corrected chi connectivity index (χ3v) is 5.46. The van der Waals surface area contributed by atoms with E-state index in [1.807, 2.05) is 0 Å². The summed E-state index contributed by atoms with van der Waals surface area (Å²) in [6, 6.07) is 4.96. The number of benzene rings is 1. The first-order valence-electron chi connectivity index (χ1n) is 7.46. The molecule has 0 aliphatic carbocycles. The van der Waals surface area contributed by atoms with Gasteiger partial charge in [-0.25, -0.2) is 13.1 Å². The lowest BCUT2D eigenvalue weighted by molar-refractivity contribution is 0.288. The molecular weight excluding hydrogens is 286 g/mol. The minimum atomic E-state index is -3.49. The van der Waals surface area contributed by atoms with E-state index in [2.05, 4.69) is 16.5 Å². The number of rotatable bonds is 6. The molecule has 1 aromatic rings. The quantitative estimate of drug-likeness (QED) is 0.782. The molecule has 6 heteroatoms. The highest BCUT2D eigenvalue weighted by Gasteiger charge is 2.19. The number of nitrogen functional groups attached to an aromatic ring is 1. The van der Waals surface area contributed by atoms with Crippen molar-refractivity contribution in [1.82, 2.24) is 9.62 Å². The van der Waals surface area contributed by atoms with Crippen molar-refractivity contribution in [3.63, 3.8) is 0 Å². The molecule has 0 spiro atoms. The van der Waals surface area contributed by atoms with Crippen LogP contribution in [0.2, 0.25) is 0 Å². The molecule has 2 rings (SSSR count). The third-order valence-electron chi connectivity index (χ3n) is 3.89. The van der Waals surface area contributed by atoms with E-state index in [1.54, 1.807) is 19.1 Å². The van der Waals surface area contributed by atoms with Crippen LogP contribution in [0.15, 0.2) is 23.1 Å². The highest BCUT2D eigenvalue weighted by atomic mass is 32.2. The van der Waals surface area contributed by atoms with Crippen LogP contribution < -0.4 is 10.5 Å². The fourth-order valence-electron chi connectivity index (χ4n) is 2.71. The number of nitrogens with one attached hydrogen (secondary N) is 1. The highest BCUT2D eigenvalue weighted by molar-refractivity contribution is 7.89. The molecule has 3 N–H and O–H groups in total. The molecule has 1 fully saturated rings. The molecule has 1 unspecified atom stereocenters. The van der Waals surface area contributed by atoms with Gasteiger partial charge in [0.1, 0.15) is 0 Å². The summed E-state index contributed by atoms with van der Waals surface area (Å²) in [6.45, 7) is 7.51. The van der Waals surface area contributed by atoms with Crippen molar-refractivity contribution in [2.45, 2.75) is 31.6 Å². The Morgan fingerprint density at radius 1 is 1.33 bits per heavy atom. The second kappa shape index (κ2) is 6.77. The molecule has 0 radical (unpaired) electrons. The highest BCUT2D eigenvalue weighted by Crippen LogP contribution is 2.18. The summed E-state index contributed by atoms with van der Waals surface area (Å²) in [5.41, 5.74) is 6.87. The molecule has 0 aromatic heterocycles. The Morgan fingerprint density at radius 2 is 2.00 bits per heavy atom. The van der Waals surface area contributed by atoms with Crippen molar-refractivity contribution in [1.29, 1.82) is 0 Å². The summed E-state index contributed by atoms with van der Waals surface area (Å²) in [4.78, 5) is 2.67. The summed E-state index contributed by atoms with van der Waals surface area (Å²) in [5.74, 6) is 0.291. The molecule has 0 amide bonds. The van der Waals surface area contributed by atoms with Crippen molar-refractivity contribution in [3.8, 4) is 0 Å². The third kappa shape index (κ3) is 4.43. The molecule has 1 saturated heterocycles. The van der Waals surface area contributed by atoms with E-state index in [-0.39, 0.29) is 4.90 Å². The predicted molar refractivity (Wildman–Crippen MR) is 85.6 cm³/mol. The van der Waals surface area contributed by atoms with E-state index in [1.165, 1.54) is 18.9 Å². The minimum Gasteiger partial charge on any atom is -0.399 e. The zero-order chi connectivity index (χ0) is 15.5. The van der Waals surface area contributed by atoms with Gasteiger partial charge in [-0.05, 0) is 56.5 Å². The zero-order valence-electron chi connectivity index (χ0n) is 12.8. The molecule has 118 valence electrons. The fourth-order valence-corrected chi connectivity index (χ4v) is 4.15. The van der Waals surface area contributed by atoms with Gasteiger partial charge in [-0.3, -0.25) is 0 Å². The number of likely N-dealkylation sites (tertiary alicyclic amines) is 1. The van der Waals surface area contributed by atoms with Gasteiger partial charge in [0, 0.05) is 18.8 Å². The first-order valence-corrected chi connectivity index (χ1v) is 8.95. The van der Waals surface area contributed by atoms with Crippen LogP contribution in [-0.4, -0.2) is 39.5 Å². The van der Waals surface area contributed by atoms with Crippen LogP contribution >= 0.6 is 0 Å². The smallest absolute Gasteiger partial charge is 0.240 e. The van der Waals surface area contributed by atoms with Gasteiger partial charge in [0.25, 0.3) is 0 Å². The molecule has 1 heterocycles.